The Morgan fingerprint density at radius 1 is 1.50 bits per heavy atom. The smallest absolute Gasteiger partial charge is 0.276 e. The molecule has 20 heavy (non-hydrogen) atoms. The van der Waals surface area contributed by atoms with Gasteiger partial charge in [0, 0.05) is 17.5 Å². The van der Waals surface area contributed by atoms with Gasteiger partial charge >= 0.3 is 0 Å². The summed E-state index contributed by atoms with van der Waals surface area (Å²) < 4.78 is 0. The van der Waals surface area contributed by atoms with Gasteiger partial charge in [-0.1, -0.05) is 13.8 Å². The average molecular weight is 274 g/mol. The molecule has 0 unspecified atom stereocenters. The molecular formula is C14H18N4O2. The van der Waals surface area contributed by atoms with Gasteiger partial charge in [0.2, 0.25) is 0 Å². The van der Waals surface area contributed by atoms with Crippen LogP contribution in [0.3, 0.4) is 0 Å². The number of nitrogens with one attached hydrogen (secondary N) is 2. The van der Waals surface area contributed by atoms with Crippen LogP contribution in [0, 0.1) is 5.92 Å². The number of anilines is 1. The highest BCUT2D eigenvalue weighted by Crippen LogP contribution is 2.15. The molecule has 0 spiro atoms. The van der Waals surface area contributed by atoms with Gasteiger partial charge in [-0.2, -0.15) is 5.10 Å². The molecule has 6 heteroatoms. The van der Waals surface area contributed by atoms with E-state index >= 15 is 0 Å². The molecule has 0 radical (unpaired) electrons. The minimum atomic E-state index is -0.320. The third-order valence-corrected chi connectivity index (χ3v) is 2.82. The van der Waals surface area contributed by atoms with Crippen molar-refractivity contribution in [2.45, 2.75) is 26.9 Å². The summed E-state index contributed by atoms with van der Waals surface area (Å²) in [6.45, 7) is 4.05. The summed E-state index contributed by atoms with van der Waals surface area (Å²) in [5.41, 5.74) is 2.37. The SMILES string of the molecule is CC(C)Cc1cc(C(=O)Nc2cnccc2CO)n[nH]1. The number of hydrogen-bond donors (Lipinski definition) is 3. The van der Waals surface area contributed by atoms with Crippen LogP contribution < -0.4 is 5.32 Å². The lowest BCUT2D eigenvalue weighted by Gasteiger charge is -2.06. The number of rotatable bonds is 5. The molecule has 6 nitrogen and oxygen atoms in total. The Morgan fingerprint density at radius 2 is 2.30 bits per heavy atom. The number of H-pyrrole nitrogens is 1. The Balaban J connectivity index is 2.10. The molecular weight excluding hydrogens is 256 g/mol. The fourth-order valence-electron chi connectivity index (χ4n) is 1.88. The highest BCUT2D eigenvalue weighted by atomic mass is 16.3. The summed E-state index contributed by atoms with van der Waals surface area (Å²) in [5.74, 6) is 0.171. The Morgan fingerprint density at radius 3 is 3.00 bits per heavy atom. The predicted molar refractivity (Wildman–Crippen MR) is 75.2 cm³/mol. The zero-order valence-corrected chi connectivity index (χ0v) is 11.6. The molecule has 2 aromatic heterocycles. The van der Waals surface area contributed by atoms with Crippen molar-refractivity contribution in [1.29, 1.82) is 0 Å². The molecule has 0 aliphatic heterocycles. The summed E-state index contributed by atoms with van der Waals surface area (Å²) in [6, 6.07) is 3.40. The van der Waals surface area contributed by atoms with Gasteiger partial charge in [0.15, 0.2) is 5.69 Å². The number of carbonyl (C=O) groups excluding carboxylic acids is 1. The Kier molecular flexibility index (Phi) is 4.47. The highest BCUT2D eigenvalue weighted by molar-refractivity contribution is 6.03. The van der Waals surface area contributed by atoms with Crippen molar-refractivity contribution < 1.29 is 9.90 Å². The quantitative estimate of drug-likeness (QED) is 0.774. The average Bonchev–Trinajstić information content (AvgIpc) is 2.87. The van der Waals surface area contributed by atoms with Gasteiger partial charge in [0.1, 0.15) is 0 Å². The number of aromatic amines is 1. The van der Waals surface area contributed by atoms with E-state index in [1.54, 1.807) is 18.3 Å². The Hall–Kier alpha value is -2.21. The monoisotopic (exact) mass is 274 g/mol. The first-order chi connectivity index (χ1) is 9.60. The second-order valence-electron chi connectivity index (χ2n) is 5.02. The number of hydrogen-bond acceptors (Lipinski definition) is 4. The molecule has 2 heterocycles. The largest absolute Gasteiger partial charge is 0.392 e. The van der Waals surface area contributed by atoms with E-state index in [9.17, 15) is 9.90 Å². The van der Waals surface area contributed by atoms with Crippen molar-refractivity contribution in [3.05, 3.63) is 41.5 Å². The normalized spacial score (nSPS) is 10.8. The zero-order valence-electron chi connectivity index (χ0n) is 11.6. The highest BCUT2D eigenvalue weighted by Gasteiger charge is 2.13. The van der Waals surface area contributed by atoms with Crippen LogP contribution in [0.1, 0.15) is 35.6 Å². The van der Waals surface area contributed by atoms with Crippen molar-refractivity contribution in [2.75, 3.05) is 5.32 Å². The standard InChI is InChI=1S/C14H18N4O2/c1-9(2)5-11-6-12(18-17-11)14(20)16-13-7-15-4-3-10(13)8-19/h3-4,6-7,9,19H,5,8H2,1-2H3,(H,16,20)(H,17,18). The minimum Gasteiger partial charge on any atom is -0.392 e. The van der Waals surface area contributed by atoms with E-state index in [1.807, 2.05) is 0 Å². The molecule has 0 bridgehead atoms. The number of aromatic nitrogens is 3. The Bertz CT molecular complexity index is 592. The van der Waals surface area contributed by atoms with Crippen LogP contribution in [0.2, 0.25) is 0 Å². The Labute approximate surface area is 117 Å². The first-order valence-electron chi connectivity index (χ1n) is 6.49. The molecule has 2 aromatic rings. The van der Waals surface area contributed by atoms with Crippen LogP contribution in [0.15, 0.2) is 24.5 Å². The van der Waals surface area contributed by atoms with Gasteiger partial charge in [0.25, 0.3) is 5.91 Å². The van der Waals surface area contributed by atoms with Crippen LogP contribution >= 0.6 is 0 Å². The van der Waals surface area contributed by atoms with E-state index in [4.69, 9.17) is 0 Å². The molecule has 0 aliphatic carbocycles. The van der Waals surface area contributed by atoms with Gasteiger partial charge < -0.3 is 10.4 Å². The maximum atomic E-state index is 12.1. The molecule has 2 rings (SSSR count). The first-order valence-corrected chi connectivity index (χ1v) is 6.49. The van der Waals surface area contributed by atoms with Crippen LogP contribution in [0.5, 0.6) is 0 Å². The number of aliphatic hydroxyl groups excluding tert-OH is 1. The van der Waals surface area contributed by atoms with Gasteiger partial charge in [0.05, 0.1) is 18.5 Å². The van der Waals surface area contributed by atoms with Gasteiger partial charge in [-0.05, 0) is 24.5 Å². The number of aliphatic hydroxyl groups is 1. The summed E-state index contributed by atoms with van der Waals surface area (Å²) in [4.78, 5) is 16.0. The fourth-order valence-corrected chi connectivity index (χ4v) is 1.88. The lowest BCUT2D eigenvalue weighted by molar-refractivity contribution is 0.102. The molecule has 1 amide bonds. The second-order valence-corrected chi connectivity index (χ2v) is 5.02. The first kappa shape index (κ1) is 14.2. The van der Waals surface area contributed by atoms with E-state index in [-0.39, 0.29) is 12.5 Å². The molecule has 0 aliphatic rings. The third kappa shape index (κ3) is 3.42. The zero-order chi connectivity index (χ0) is 14.5. The number of carbonyl (C=O) groups is 1. The van der Waals surface area contributed by atoms with Crippen molar-refractivity contribution >= 4 is 11.6 Å². The van der Waals surface area contributed by atoms with E-state index in [2.05, 4.69) is 34.3 Å². The molecule has 0 saturated heterocycles. The van der Waals surface area contributed by atoms with Gasteiger partial charge in [-0.3, -0.25) is 14.9 Å². The lowest BCUT2D eigenvalue weighted by atomic mass is 10.1. The van der Waals surface area contributed by atoms with E-state index < -0.39 is 0 Å². The van der Waals surface area contributed by atoms with E-state index in [1.165, 1.54) is 6.20 Å². The minimum absolute atomic E-state index is 0.155. The third-order valence-electron chi connectivity index (χ3n) is 2.82. The molecule has 0 saturated carbocycles. The maximum Gasteiger partial charge on any atom is 0.276 e. The van der Waals surface area contributed by atoms with Crippen LogP contribution in [0.25, 0.3) is 0 Å². The summed E-state index contributed by atoms with van der Waals surface area (Å²) in [5, 5.41) is 18.8. The van der Waals surface area contributed by atoms with E-state index in [0.29, 0.717) is 22.9 Å². The van der Waals surface area contributed by atoms with Crippen molar-refractivity contribution in [2.24, 2.45) is 5.92 Å². The van der Waals surface area contributed by atoms with Crippen LogP contribution in [-0.2, 0) is 13.0 Å². The summed E-state index contributed by atoms with van der Waals surface area (Å²) in [6.07, 6.45) is 3.91. The lowest BCUT2D eigenvalue weighted by Crippen LogP contribution is -2.14. The topological polar surface area (TPSA) is 90.9 Å². The number of nitrogens with zero attached hydrogens (tertiary/aromatic N) is 2. The van der Waals surface area contributed by atoms with E-state index in [0.717, 1.165) is 12.1 Å². The molecule has 0 atom stereocenters. The predicted octanol–water partition coefficient (Wildman–Crippen LogP) is 1.75. The van der Waals surface area contributed by atoms with Crippen LogP contribution in [-0.4, -0.2) is 26.2 Å². The maximum absolute atomic E-state index is 12.1. The number of amides is 1. The molecule has 3 N–H and O–H groups in total. The fraction of sp³-hybridized carbons (Fsp3) is 0.357. The van der Waals surface area contributed by atoms with Gasteiger partial charge in [-0.25, -0.2) is 0 Å². The van der Waals surface area contributed by atoms with Crippen molar-refractivity contribution in [3.63, 3.8) is 0 Å². The molecule has 0 aromatic carbocycles. The summed E-state index contributed by atoms with van der Waals surface area (Å²) in [7, 11) is 0. The van der Waals surface area contributed by atoms with Gasteiger partial charge in [-0.15, -0.1) is 0 Å². The molecule has 106 valence electrons. The second kappa shape index (κ2) is 6.29. The summed E-state index contributed by atoms with van der Waals surface area (Å²) >= 11 is 0. The van der Waals surface area contributed by atoms with Crippen molar-refractivity contribution in [3.8, 4) is 0 Å². The molecule has 0 fully saturated rings. The van der Waals surface area contributed by atoms with Crippen LogP contribution in [0.4, 0.5) is 5.69 Å². The number of pyridine rings is 1. The van der Waals surface area contributed by atoms with Crippen molar-refractivity contribution in [1.82, 2.24) is 15.2 Å².